The lowest BCUT2D eigenvalue weighted by molar-refractivity contribution is 0.228. The number of fused-ring (bicyclic) bond motifs is 1. The van der Waals surface area contributed by atoms with E-state index in [0.29, 0.717) is 0 Å². The van der Waals surface area contributed by atoms with E-state index < -0.39 is 0 Å². The van der Waals surface area contributed by atoms with Crippen molar-refractivity contribution in [3.05, 3.63) is 47.0 Å². The summed E-state index contributed by atoms with van der Waals surface area (Å²) in [6.45, 7) is 2.85. The van der Waals surface area contributed by atoms with Crippen molar-refractivity contribution >= 4 is 23.5 Å². The van der Waals surface area contributed by atoms with Crippen molar-refractivity contribution in [1.29, 1.82) is 0 Å². The average Bonchev–Trinajstić information content (AvgIpc) is 3.23. The number of thioether (sulfide) groups is 1. The van der Waals surface area contributed by atoms with E-state index in [1.807, 2.05) is 47.7 Å². The summed E-state index contributed by atoms with van der Waals surface area (Å²) >= 11 is 1.59. The van der Waals surface area contributed by atoms with Crippen molar-refractivity contribution in [2.75, 3.05) is 11.5 Å². The molecule has 2 aliphatic heterocycles. The monoisotopic (exact) mass is 314 g/mol. The van der Waals surface area contributed by atoms with Crippen LogP contribution in [0.1, 0.15) is 19.8 Å². The summed E-state index contributed by atoms with van der Waals surface area (Å²) in [6.07, 6.45) is 6.51. The van der Waals surface area contributed by atoms with Crippen LogP contribution in [0.2, 0.25) is 0 Å². The Bertz CT molecular complexity index is 649. The van der Waals surface area contributed by atoms with E-state index >= 15 is 0 Å². The maximum atomic E-state index is 12.6. The van der Waals surface area contributed by atoms with Gasteiger partial charge in [0.2, 0.25) is 0 Å². The van der Waals surface area contributed by atoms with Gasteiger partial charge in [-0.15, -0.1) is 0 Å². The minimum Gasteiger partial charge on any atom is -0.493 e. The predicted octanol–water partition coefficient (Wildman–Crippen LogP) is 4.17. The van der Waals surface area contributed by atoms with Gasteiger partial charge in [-0.3, -0.25) is 9.80 Å². The highest BCUT2D eigenvalue weighted by Crippen LogP contribution is 2.36. The summed E-state index contributed by atoms with van der Waals surface area (Å²) in [4.78, 5) is 16.1. The highest BCUT2D eigenvalue weighted by Gasteiger charge is 2.33. The van der Waals surface area contributed by atoms with Crippen LogP contribution in [0.15, 0.2) is 47.0 Å². The Labute approximate surface area is 134 Å². The molecule has 1 saturated carbocycles. The van der Waals surface area contributed by atoms with E-state index in [1.165, 1.54) is 12.8 Å². The maximum absolute atomic E-state index is 12.6. The number of nitrogens with zero attached hydrogens (tertiary/aromatic N) is 2. The second-order valence-corrected chi connectivity index (χ2v) is 6.85. The van der Waals surface area contributed by atoms with Crippen LogP contribution in [0.4, 0.5) is 10.5 Å². The quantitative estimate of drug-likeness (QED) is 0.836. The lowest BCUT2D eigenvalue weighted by Gasteiger charge is -2.35. The molecular weight excluding hydrogens is 296 g/mol. The number of amides is 2. The Morgan fingerprint density at radius 2 is 2.05 bits per heavy atom. The number of ether oxygens (including phenoxy) is 1. The van der Waals surface area contributed by atoms with Gasteiger partial charge < -0.3 is 4.74 Å². The van der Waals surface area contributed by atoms with Gasteiger partial charge in [0.15, 0.2) is 0 Å². The van der Waals surface area contributed by atoms with Gasteiger partial charge in [-0.1, -0.05) is 11.8 Å². The van der Waals surface area contributed by atoms with Crippen LogP contribution >= 0.6 is 11.8 Å². The van der Waals surface area contributed by atoms with Crippen LogP contribution in [0.5, 0.6) is 5.75 Å². The minimum absolute atomic E-state index is 0.00195. The van der Waals surface area contributed by atoms with E-state index in [2.05, 4.69) is 6.08 Å². The molecule has 4 nitrogen and oxygen atoms in total. The van der Waals surface area contributed by atoms with Crippen molar-refractivity contribution < 1.29 is 9.53 Å². The second-order valence-electron chi connectivity index (χ2n) is 5.92. The van der Waals surface area contributed by atoms with E-state index in [9.17, 15) is 4.79 Å². The number of rotatable bonds is 4. The molecule has 22 heavy (non-hydrogen) atoms. The molecule has 1 aromatic rings. The van der Waals surface area contributed by atoms with E-state index in [4.69, 9.17) is 4.74 Å². The molecule has 3 aliphatic rings. The summed E-state index contributed by atoms with van der Waals surface area (Å²) in [5.41, 5.74) is 0.900. The van der Waals surface area contributed by atoms with Gasteiger partial charge in [-0.25, -0.2) is 4.79 Å². The number of carbonyl (C=O) groups excluding carboxylic acids is 1. The molecule has 1 aliphatic carbocycles. The van der Waals surface area contributed by atoms with Crippen molar-refractivity contribution in [1.82, 2.24) is 4.90 Å². The Kier molecular flexibility index (Phi) is 3.37. The number of urea groups is 1. The SMILES string of the molecule is CC1C=C2SC=CN2C(=O)N1c1ccc(OCC2CC2)cc1. The Morgan fingerprint density at radius 3 is 2.77 bits per heavy atom. The maximum Gasteiger partial charge on any atom is 0.334 e. The molecule has 0 bridgehead atoms. The third kappa shape index (κ3) is 2.50. The zero-order valence-electron chi connectivity index (χ0n) is 12.4. The number of hydrogen-bond acceptors (Lipinski definition) is 3. The summed E-state index contributed by atoms with van der Waals surface area (Å²) in [5.74, 6) is 1.62. The zero-order valence-corrected chi connectivity index (χ0v) is 13.3. The van der Waals surface area contributed by atoms with Gasteiger partial charge in [0.1, 0.15) is 5.75 Å². The molecule has 1 aromatic carbocycles. The first-order chi connectivity index (χ1) is 10.7. The van der Waals surface area contributed by atoms with E-state index in [-0.39, 0.29) is 12.1 Å². The van der Waals surface area contributed by atoms with Gasteiger partial charge in [-0.2, -0.15) is 0 Å². The number of carbonyl (C=O) groups is 1. The third-order valence-corrected chi connectivity index (χ3v) is 4.97. The lowest BCUT2D eigenvalue weighted by Crippen LogP contribution is -2.47. The molecule has 5 heteroatoms. The molecule has 0 N–H and O–H groups in total. The van der Waals surface area contributed by atoms with Crippen LogP contribution < -0.4 is 9.64 Å². The van der Waals surface area contributed by atoms with E-state index in [1.54, 1.807) is 16.7 Å². The standard InChI is InChI=1S/C17H18N2O2S/c1-12-10-16-18(8-9-22-16)17(20)19(12)14-4-6-15(7-5-14)21-11-13-2-3-13/h4-10,12-13H,2-3,11H2,1H3. The van der Waals surface area contributed by atoms with Crippen LogP contribution in [-0.2, 0) is 0 Å². The fourth-order valence-electron chi connectivity index (χ4n) is 2.69. The molecule has 0 spiro atoms. The first-order valence-electron chi connectivity index (χ1n) is 7.63. The number of anilines is 1. The van der Waals surface area contributed by atoms with E-state index in [0.717, 1.165) is 29.0 Å². The average molecular weight is 314 g/mol. The molecule has 1 atom stereocenters. The van der Waals surface area contributed by atoms with Crippen LogP contribution in [0, 0.1) is 5.92 Å². The predicted molar refractivity (Wildman–Crippen MR) is 88.7 cm³/mol. The molecule has 0 aromatic heterocycles. The number of hydrogen-bond donors (Lipinski definition) is 0. The van der Waals surface area contributed by atoms with Crippen molar-refractivity contribution in [3.63, 3.8) is 0 Å². The summed E-state index contributed by atoms with van der Waals surface area (Å²) in [6, 6.07) is 7.87. The molecule has 4 rings (SSSR count). The second kappa shape index (κ2) is 5.39. The highest BCUT2D eigenvalue weighted by atomic mass is 32.2. The topological polar surface area (TPSA) is 32.8 Å². The zero-order chi connectivity index (χ0) is 15.1. The fourth-order valence-corrected chi connectivity index (χ4v) is 3.54. The van der Waals surface area contributed by atoms with Gasteiger partial charge in [0.05, 0.1) is 17.7 Å². The van der Waals surface area contributed by atoms with Crippen molar-refractivity contribution in [3.8, 4) is 5.75 Å². The molecule has 2 amide bonds. The Balaban J connectivity index is 1.53. The molecule has 2 heterocycles. The summed E-state index contributed by atoms with van der Waals surface area (Å²) in [5, 5.41) is 2.94. The third-order valence-electron chi connectivity index (χ3n) is 4.14. The Morgan fingerprint density at radius 1 is 1.27 bits per heavy atom. The molecule has 0 saturated heterocycles. The molecule has 1 fully saturated rings. The summed E-state index contributed by atoms with van der Waals surface area (Å²) in [7, 11) is 0. The smallest absolute Gasteiger partial charge is 0.334 e. The fraction of sp³-hybridized carbons (Fsp3) is 0.353. The normalized spacial score (nSPS) is 23.6. The van der Waals surface area contributed by atoms with Crippen LogP contribution in [-0.4, -0.2) is 23.6 Å². The largest absolute Gasteiger partial charge is 0.493 e. The van der Waals surface area contributed by atoms with Crippen molar-refractivity contribution in [2.45, 2.75) is 25.8 Å². The van der Waals surface area contributed by atoms with Crippen molar-refractivity contribution in [2.24, 2.45) is 5.92 Å². The first kappa shape index (κ1) is 13.8. The number of benzene rings is 1. The molecule has 114 valence electrons. The minimum atomic E-state index is -0.00195. The molecule has 1 unspecified atom stereocenters. The summed E-state index contributed by atoms with van der Waals surface area (Å²) < 4.78 is 5.75. The van der Waals surface area contributed by atoms with Gasteiger partial charge in [0, 0.05) is 11.9 Å². The molecule has 0 radical (unpaired) electrons. The van der Waals surface area contributed by atoms with Gasteiger partial charge in [-0.05, 0) is 61.4 Å². The highest BCUT2D eigenvalue weighted by molar-refractivity contribution is 8.06. The molecular formula is C17H18N2O2S. The van der Waals surface area contributed by atoms with Crippen LogP contribution in [0.3, 0.4) is 0 Å². The lowest BCUT2D eigenvalue weighted by atomic mass is 10.2. The van der Waals surface area contributed by atoms with Gasteiger partial charge >= 0.3 is 6.03 Å². The van der Waals surface area contributed by atoms with Gasteiger partial charge in [0.25, 0.3) is 0 Å². The Hall–Kier alpha value is -1.88. The van der Waals surface area contributed by atoms with Crippen LogP contribution in [0.25, 0.3) is 0 Å². The first-order valence-corrected chi connectivity index (χ1v) is 8.51.